The van der Waals surface area contributed by atoms with E-state index >= 15 is 0 Å². The number of allylic oxidation sites excluding steroid dienone is 1. The van der Waals surface area contributed by atoms with Gasteiger partial charge in [-0.2, -0.15) is 5.26 Å². The summed E-state index contributed by atoms with van der Waals surface area (Å²) in [6, 6.07) is 21.6. The quantitative estimate of drug-likeness (QED) is 0.142. The number of nitrogens with zero attached hydrogens (tertiary/aromatic N) is 6. The van der Waals surface area contributed by atoms with Crippen LogP contribution >= 0.6 is 0 Å². The lowest BCUT2D eigenvalue weighted by molar-refractivity contribution is -0.384. The molecule has 9 nitrogen and oxygen atoms in total. The number of hydrogen-bond acceptors (Lipinski definition) is 7. The first kappa shape index (κ1) is 23.4. The predicted molar refractivity (Wildman–Crippen MR) is 135 cm³/mol. The van der Waals surface area contributed by atoms with Crippen LogP contribution in [0.5, 0.6) is 5.75 Å². The molecule has 9 heteroatoms. The fourth-order valence-electron chi connectivity index (χ4n) is 3.79. The van der Waals surface area contributed by atoms with Crippen molar-refractivity contribution in [3.63, 3.8) is 0 Å². The average molecular weight is 469 g/mol. The van der Waals surface area contributed by atoms with Crippen molar-refractivity contribution in [1.29, 1.82) is 5.26 Å². The fourth-order valence-corrected chi connectivity index (χ4v) is 3.79. The molecular weight excluding hydrogens is 444 g/mol. The number of anilines is 1. The Morgan fingerprint density at radius 1 is 1.14 bits per heavy atom. The van der Waals surface area contributed by atoms with Gasteiger partial charge in [0.05, 0.1) is 22.1 Å². The predicted octanol–water partition coefficient (Wildman–Crippen LogP) is 5.29. The Morgan fingerprint density at radius 2 is 1.89 bits per heavy atom. The van der Waals surface area contributed by atoms with Crippen molar-refractivity contribution in [3.05, 3.63) is 88.0 Å². The molecule has 0 saturated carbocycles. The molecule has 0 aliphatic rings. The monoisotopic (exact) mass is 468 g/mol. The smallest absolute Gasteiger partial charge is 0.269 e. The van der Waals surface area contributed by atoms with Crippen molar-refractivity contribution >= 4 is 34.1 Å². The minimum Gasteiger partial charge on any atom is -0.470 e. The Balaban J connectivity index is 1.70. The van der Waals surface area contributed by atoms with Crippen LogP contribution in [0.3, 0.4) is 0 Å². The molecule has 0 saturated heterocycles. The maximum absolute atomic E-state index is 11.0. The largest absolute Gasteiger partial charge is 0.470 e. The second-order valence-corrected chi connectivity index (χ2v) is 7.72. The molecule has 176 valence electrons. The van der Waals surface area contributed by atoms with Crippen molar-refractivity contribution in [1.82, 2.24) is 15.0 Å². The molecular formula is C26H24N6O3. The zero-order valence-electron chi connectivity index (χ0n) is 19.5. The highest BCUT2D eigenvalue weighted by Crippen LogP contribution is 2.30. The number of ether oxygens (including phenoxy) is 1. The van der Waals surface area contributed by atoms with Crippen molar-refractivity contribution in [3.8, 4) is 11.8 Å². The number of para-hydroxylation sites is 1. The number of non-ortho nitro benzene ring substituents is 1. The van der Waals surface area contributed by atoms with E-state index in [-0.39, 0.29) is 12.4 Å². The number of rotatable bonds is 9. The highest BCUT2D eigenvalue weighted by molar-refractivity contribution is 5.91. The zero-order valence-corrected chi connectivity index (χ0v) is 19.5. The zero-order chi connectivity index (χ0) is 24.8. The lowest BCUT2D eigenvalue weighted by Crippen LogP contribution is -2.21. The third kappa shape index (κ3) is 5.12. The van der Waals surface area contributed by atoms with Crippen LogP contribution in [0.4, 0.5) is 11.4 Å². The molecule has 0 aliphatic heterocycles. The summed E-state index contributed by atoms with van der Waals surface area (Å²) in [6.07, 6.45) is 1.72. The summed E-state index contributed by atoms with van der Waals surface area (Å²) in [6.45, 7) is 5.99. The van der Waals surface area contributed by atoms with Crippen LogP contribution in [0.15, 0.2) is 66.7 Å². The molecule has 0 bridgehead atoms. The van der Waals surface area contributed by atoms with Crippen LogP contribution in [-0.2, 0) is 6.73 Å². The molecule has 1 heterocycles. The van der Waals surface area contributed by atoms with Crippen LogP contribution < -0.4 is 9.64 Å². The molecule has 4 aromatic rings. The van der Waals surface area contributed by atoms with Gasteiger partial charge in [0.25, 0.3) is 5.69 Å². The maximum Gasteiger partial charge on any atom is 0.269 e. The lowest BCUT2D eigenvalue weighted by Gasteiger charge is -2.22. The molecule has 0 N–H and O–H groups in total. The van der Waals surface area contributed by atoms with Crippen LogP contribution in [0, 0.1) is 21.4 Å². The molecule has 0 unspecified atom stereocenters. The van der Waals surface area contributed by atoms with E-state index in [1.807, 2.05) is 42.5 Å². The van der Waals surface area contributed by atoms with Crippen molar-refractivity contribution in [2.24, 2.45) is 0 Å². The number of nitriles is 1. The summed E-state index contributed by atoms with van der Waals surface area (Å²) in [5, 5.41) is 29.1. The molecule has 0 radical (unpaired) electrons. The molecule has 0 fully saturated rings. The van der Waals surface area contributed by atoms with Gasteiger partial charge in [0, 0.05) is 42.5 Å². The van der Waals surface area contributed by atoms with E-state index in [0.29, 0.717) is 22.4 Å². The first-order chi connectivity index (χ1) is 17.0. The molecule has 35 heavy (non-hydrogen) atoms. The summed E-state index contributed by atoms with van der Waals surface area (Å²) in [5.74, 6) is 0.587. The molecule has 0 amide bonds. The number of hydrogen-bond donors (Lipinski definition) is 0. The van der Waals surface area contributed by atoms with Gasteiger partial charge in [0.15, 0.2) is 6.73 Å². The van der Waals surface area contributed by atoms with Gasteiger partial charge in [-0.1, -0.05) is 17.3 Å². The second kappa shape index (κ2) is 10.5. The molecule has 0 aliphatic carbocycles. The van der Waals surface area contributed by atoms with Gasteiger partial charge in [-0.25, -0.2) is 4.68 Å². The van der Waals surface area contributed by atoms with Gasteiger partial charge in [0.1, 0.15) is 11.3 Å². The van der Waals surface area contributed by atoms with Crippen molar-refractivity contribution in [2.45, 2.75) is 20.6 Å². The number of nitro benzene ring substituents is 1. The first-order valence-corrected chi connectivity index (χ1v) is 11.2. The molecule has 4 rings (SSSR count). The highest BCUT2D eigenvalue weighted by Gasteiger charge is 2.12. The number of nitro groups is 1. The standard InChI is InChI=1S/C26H24N6O3/c1-3-30(4-2)23-14-11-20(15-21(17-27)19-9-12-22(13-10-19)32(33)34)26(16-23)35-18-31-25-8-6-5-7-24(25)28-29-31/h5-16H,3-4,18H2,1-2H3/b21-15+. The van der Waals surface area contributed by atoms with Crippen molar-refractivity contribution in [2.75, 3.05) is 18.0 Å². The third-order valence-electron chi connectivity index (χ3n) is 5.70. The van der Waals surface area contributed by atoms with Crippen LogP contribution in [0.25, 0.3) is 22.7 Å². The van der Waals surface area contributed by atoms with E-state index in [0.717, 1.165) is 29.8 Å². The summed E-state index contributed by atoms with van der Waals surface area (Å²) in [4.78, 5) is 12.7. The minimum atomic E-state index is -0.467. The van der Waals surface area contributed by atoms with Gasteiger partial charge < -0.3 is 9.64 Å². The van der Waals surface area contributed by atoms with Gasteiger partial charge in [-0.05, 0) is 61.9 Å². The fraction of sp³-hybridized carbons (Fsp3) is 0.192. The highest BCUT2D eigenvalue weighted by atomic mass is 16.6. The van der Waals surface area contributed by atoms with Crippen molar-refractivity contribution < 1.29 is 9.66 Å². The van der Waals surface area contributed by atoms with E-state index in [1.165, 1.54) is 12.1 Å². The normalized spacial score (nSPS) is 11.3. The first-order valence-electron chi connectivity index (χ1n) is 11.2. The van der Waals surface area contributed by atoms with E-state index in [9.17, 15) is 15.4 Å². The molecule has 3 aromatic carbocycles. The van der Waals surface area contributed by atoms with Gasteiger partial charge in [0.2, 0.25) is 0 Å². The number of aromatic nitrogens is 3. The van der Waals surface area contributed by atoms with Gasteiger partial charge in [-0.3, -0.25) is 10.1 Å². The Labute approximate surface area is 202 Å². The van der Waals surface area contributed by atoms with Gasteiger partial charge in [-0.15, -0.1) is 5.10 Å². The molecule has 0 atom stereocenters. The Bertz CT molecular complexity index is 1420. The minimum absolute atomic E-state index is 0.0290. The molecule has 0 spiro atoms. The average Bonchev–Trinajstić information content (AvgIpc) is 3.30. The third-order valence-corrected chi connectivity index (χ3v) is 5.70. The Morgan fingerprint density at radius 3 is 2.57 bits per heavy atom. The summed E-state index contributed by atoms with van der Waals surface area (Å²) in [7, 11) is 0. The summed E-state index contributed by atoms with van der Waals surface area (Å²) in [5.41, 5.74) is 4.26. The summed E-state index contributed by atoms with van der Waals surface area (Å²) < 4.78 is 7.87. The Hall–Kier alpha value is -4.71. The second-order valence-electron chi connectivity index (χ2n) is 7.72. The SMILES string of the molecule is CCN(CC)c1ccc(/C=C(\C#N)c2ccc([N+](=O)[O-])cc2)c(OCn2nnc3ccccc32)c1. The van der Waals surface area contributed by atoms with Crippen LogP contribution in [0.1, 0.15) is 25.0 Å². The number of fused-ring (bicyclic) bond motifs is 1. The maximum atomic E-state index is 11.0. The van der Waals surface area contributed by atoms with Crippen LogP contribution in [0.2, 0.25) is 0 Å². The van der Waals surface area contributed by atoms with E-state index in [2.05, 4.69) is 35.1 Å². The van der Waals surface area contributed by atoms with Gasteiger partial charge >= 0.3 is 0 Å². The van der Waals surface area contributed by atoms with E-state index in [4.69, 9.17) is 4.74 Å². The topological polar surface area (TPSA) is 110 Å². The van der Waals surface area contributed by atoms with Crippen LogP contribution in [-0.4, -0.2) is 33.0 Å². The Kier molecular flexibility index (Phi) is 7.02. The van der Waals surface area contributed by atoms with E-state index in [1.54, 1.807) is 22.9 Å². The van der Waals surface area contributed by atoms with E-state index < -0.39 is 4.92 Å². The lowest BCUT2D eigenvalue weighted by atomic mass is 10.0. The molecule has 1 aromatic heterocycles. The summed E-state index contributed by atoms with van der Waals surface area (Å²) >= 11 is 0. The number of benzene rings is 3.